The molecule has 3 aromatic heterocycles. The molecule has 0 aliphatic rings. The SMILES string of the molecule is Cc1[nH]nc(-c2ccc(S(=O)(=O)Nc3ccc(-c4ccno4)cc3)s2)c1C. The molecular weight excluding hydrogens is 384 g/mol. The monoisotopic (exact) mass is 400 g/mol. The van der Waals surface area contributed by atoms with Gasteiger partial charge in [-0.25, -0.2) is 8.42 Å². The van der Waals surface area contributed by atoms with Gasteiger partial charge in [0.25, 0.3) is 10.0 Å². The van der Waals surface area contributed by atoms with E-state index in [0.29, 0.717) is 11.4 Å². The van der Waals surface area contributed by atoms with Crippen LogP contribution >= 0.6 is 11.3 Å². The van der Waals surface area contributed by atoms with Gasteiger partial charge in [0.2, 0.25) is 0 Å². The number of aromatic amines is 1. The second-order valence-corrected chi connectivity index (χ2v) is 8.99. The third-order valence-corrected chi connectivity index (χ3v) is 7.16. The van der Waals surface area contributed by atoms with Crippen molar-refractivity contribution in [2.75, 3.05) is 4.72 Å². The number of rotatable bonds is 5. The number of nitrogens with zero attached hydrogens (tertiary/aromatic N) is 2. The van der Waals surface area contributed by atoms with E-state index >= 15 is 0 Å². The Hall–Kier alpha value is -2.91. The Labute approximate surface area is 160 Å². The van der Waals surface area contributed by atoms with Gasteiger partial charge < -0.3 is 4.52 Å². The Kier molecular flexibility index (Phi) is 4.33. The van der Waals surface area contributed by atoms with Gasteiger partial charge in [0.1, 0.15) is 9.90 Å². The standard InChI is InChI=1S/C18H16N4O3S2/c1-11-12(2)20-21-18(11)16-7-8-17(26-16)27(23,24)22-14-5-3-13(4-6-14)15-9-10-19-25-15/h3-10,22H,1-2H3,(H,20,21). The lowest BCUT2D eigenvalue weighted by molar-refractivity contribution is 0.432. The summed E-state index contributed by atoms with van der Waals surface area (Å²) in [6.07, 6.45) is 1.56. The van der Waals surface area contributed by atoms with Crippen LogP contribution < -0.4 is 4.72 Å². The lowest BCUT2D eigenvalue weighted by Gasteiger charge is -2.06. The molecule has 138 valence electrons. The summed E-state index contributed by atoms with van der Waals surface area (Å²) >= 11 is 1.18. The highest BCUT2D eigenvalue weighted by Crippen LogP contribution is 2.33. The molecule has 7 nitrogen and oxygen atoms in total. The first-order valence-corrected chi connectivity index (χ1v) is 10.4. The normalized spacial score (nSPS) is 11.6. The second-order valence-electron chi connectivity index (χ2n) is 6.00. The number of hydrogen-bond donors (Lipinski definition) is 2. The van der Waals surface area contributed by atoms with Crippen molar-refractivity contribution in [3.63, 3.8) is 0 Å². The van der Waals surface area contributed by atoms with Crippen molar-refractivity contribution in [2.45, 2.75) is 18.1 Å². The fourth-order valence-electron chi connectivity index (χ4n) is 2.59. The van der Waals surface area contributed by atoms with Crippen LogP contribution in [-0.2, 0) is 10.0 Å². The predicted molar refractivity (Wildman–Crippen MR) is 104 cm³/mol. The highest BCUT2D eigenvalue weighted by atomic mass is 32.2. The maximum atomic E-state index is 12.7. The number of hydrogen-bond acceptors (Lipinski definition) is 6. The molecule has 0 saturated carbocycles. The van der Waals surface area contributed by atoms with Crippen LogP contribution in [0.25, 0.3) is 21.9 Å². The summed E-state index contributed by atoms with van der Waals surface area (Å²) < 4.78 is 33.3. The minimum Gasteiger partial charge on any atom is -0.356 e. The minimum absolute atomic E-state index is 0.233. The fourth-order valence-corrected chi connectivity index (χ4v) is 5.00. The predicted octanol–water partition coefficient (Wildman–Crippen LogP) is 4.21. The number of thiophene rings is 1. The molecule has 0 aliphatic carbocycles. The Morgan fingerprint density at radius 3 is 2.48 bits per heavy atom. The highest BCUT2D eigenvalue weighted by Gasteiger charge is 2.19. The van der Waals surface area contributed by atoms with Crippen LogP contribution in [-0.4, -0.2) is 23.8 Å². The smallest absolute Gasteiger partial charge is 0.271 e. The summed E-state index contributed by atoms with van der Waals surface area (Å²) in [4.78, 5) is 0.804. The van der Waals surface area contributed by atoms with Crippen LogP contribution in [0.1, 0.15) is 11.3 Å². The van der Waals surface area contributed by atoms with Crippen molar-refractivity contribution in [2.24, 2.45) is 0 Å². The molecule has 1 aromatic carbocycles. The molecule has 0 spiro atoms. The average molecular weight is 400 g/mol. The molecule has 0 amide bonds. The maximum Gasteiger partial charge on any atom is 0.271 e. The van der Waals surface area contributed by atoms with E-state index in [1.807, 2.05) is 13.8 Å². The molecule has 4 aromatic rings. The van der Waals surface area contributed by atoms with Crippen LogP contribution in [0.4, 0.5) is 5.69 Å². The van der Waals surface area contributed by atoms with E-state index in [1.54, 1.807) is 48.7 Å². The zero-order valence-corrected chi connectivity index (χ0v) is 16.2. The van der Waals surface area contributed by atoms with Crippen molar-refractivity contribution >= 4 is 27.0 Å². The van der Waals surface area contributed by atoms with E-state index in [1.165, 1.54) is 11.3 Å². The molecule has 0 unspecified atom stereocenters. The summed E-state index contributed by atoms with van der Waals surface area (Å²) in [7, 11) is -3.68. The van der Waals surface area contributed by atoms with E-state index in [9.17, 15) is 8.42 Å². The molecule has 2 N–H and O–H groups in total. The Balaban J connectivity index is 1.56. The molecule has 0 fully saturated rings. The average Bonchev–Trinajstić information content (AvgIpc) is 3.38. The van der Waals surface area contributed by atoms with Crippen molar-refractivity contribution in [3.05, 3.63) is 59.9 Å². The lowest BCUT2D eigenvalue weighted by Crippen LogP contribution is -2.11. The quantitative estimate of drug-likeness (QED) is 0.523. The first-order valence-electron chi connectivity index (χ1n) is 8.10. The van der Waals surface area contributed by atoms with Crippen LogP contribution in [0.2, 0.25) is 0 Å². The van der Waals surface area contributed by atoms with E-state index < -0.39 is 10.0 Å². The Bertz CT molecular complexity index is 1170. The third kappa shape index (κ3) is 3.38. The van der Waals surface area contributed by atoms with Crippen LogP contribution in [0.15, 0.2) is 57.4 Å². The van der Waals surface area contributed by atoms with Gasteiger partial charge in [0.15, 0.2) is 5.76 Å². The summed E-state index contributed by atoms with van der Waals surface area (Å²) in [5.74, 6) is 0.622. The van der Waals surface area contributed by atoms with Gasteiger partial charge in [-0.1, -0.05) is 5.16 Å². The topological polar surface area (TPSA) is 101 Å². The maximum absolute atomic E-state index is 12.7. The Morgan fingerprint density at radius 1 is 1.07 bits per heavy atom. The molecule has 0 bridgehead atoms. The number of aryl methyl sites for hydroxylation is 1. The number of aromatic nitrogens is 3. The van der Waals surface area contributed by atoms with Crippen molar-refractivity contribution < 1.29 is 12.9 Å². The number of anilines is 1. The zero-order valence-electron chi connectivity index (χ0n) is 14.6. The van der Waals surface area contributed by atoms with Crippen LogP contribution in [0.5, 0.6) is 0 Å². The molecule has 3 heterocycles. The molecule has 27 heavy (non-hydrogen) atoms. The summed E-state index contributed by atoms with van der Waals surface area (Å²) in [6.45, 7) is 3.89. The van der Waals surface area contributed by atoms with Crippen molar-refractivity contribution in [1.29, 1.82) is 0 Å². The highest BCUT2D eigenvalue weighted by molar-refractivity contribution is 7.94. The van der Waals surface area contributed by atoms with Crippen molar-refractivity contribution in [3.8, 4) is 21.9 Å². The third-order valence-electron chi connectivity index (χ3n) is 4.19. The number of H-pyrrole nitrogens is 1. The second kappa shape index (κ2) is 6.67. The van der Waals surface area contributed by atoms with Gasteiger partial charge in [0.05, 0.1) is 11.1 Å². The summed E-state index contributed by atoms with van der Waals surface area (Å²) in [5.41, 5.74) is 4.04. The van der Waals surface area contributed by atoms with Gasteiger partial charge in [-0.3, -0.25) is 9.82 Å². The Morgan fingerprint density at radius 2 is 1.85 bits per heavy atom. The van der Waals surface area contributed by atoms with Crippen LogP contribution in [0, 0.1) is 13.8 Å². The molecule has 0 saturated heterocycles. The molecule has 0 aliphatic heterocycles. The largest absolute Gasteiger partial charge is 0.356 e. The lowest BCUT2D eigenvalue weighted by atomic mass is 10.1. The summed E-state index contributed by atoms with van der Waals surface area (Å²) in [6, 6.07) is 12.0. The van der Waals surface area contributed by atoms with E-state index in [2.05, 4.69) is 20.1 Å². The van der Waals surface area contributed by atoms with E-state index in [-0.39, 0.29) is 4.21 Å². The van der Waals surface area contributed by atoms with Gasteiger partial charge in [-0.05, 0) is 55.8 Å². The molecule has 4 rings (SSSR count). The molecular formula is C18H16N4O3S2. The number of benzene rings is 1. The first kappa shape index (κ1) is 17.5. The molecule has 0 atom stereocenters. The zero-order chi connectivity index (χ0) is 19.0. The first-order chi connectivity index (χ1) is 12.9. The number of sulfonamides is 1. The number of nitrogens with one attached hydrogen (secondary N) is 2. The minimum atomic E-state index is -3.68. The molecule has 9 heteroatoms. The summed E-state index contributed by atoms with van der Waals surface area (Å²) in [5, 5.41) is 10.8. The fraction of sp³-hybridized carbons (Fsp3) is 0.111. The van der Waals surface area contributed by atoms with Gasteiger partial charge in [-0.2, -0.15) is 5.10 Å². The van der Waals surface area contributed by atoms with Crippen molar-refractivity contribution in [1.82, 2.24) is 15.4 Å². The van der Waals surface area contributed by atoms with Crippen LogP contribution in [0.3, 0.4) is 0 Å². The van der Waals surface area contributed by atoms with E-state index in [4.69, 9.17) is 4.52 Å². The van der Waals surface area contributed by atoms with Gasteiger partial charge in [-0.15, -0.1) is 11.3 Å². The van der Waals surface area contributed by atoms with E-state index in [0.717, 1.165) is 27.4 Å². The van der Waals surface area contributed by atoms with Gasteiger partial charge >= 0.3 is 0 Å². The van der Waals surface area contributed by atoms with Gasteiger partial charge in [0, 0.05) is 23.0 Å². The molecule has 0 radical (unpaired) electrons.